The summed E-state index contributed by atoms with van der Waals surface area (Å²) in [5.41, 5.74) is 1.31. The van der Waals surface area contributed by atoms with E-state index < -0.39 is 5.82 Å². The third-order valence-electron chi connectivity index (χ3n) is 7.08. The molecule has 0 aliphatic carbocycles. The van der Waals surface area contributed by atoms with Gasteiger partial charge in [-0.05, 0) is 57.9 Å². The molecule has 1 aromatic carbocycles. The first-order chi connectivity index (χ1) is 16.2. The maximum absolute atomic E-state index is 14.3. The van der Waals surface area contributed by atoms with Crippen LogP contribution in [0.15, 0.2) is 35.7 Å². The lowest BCUT2D eigenvalue weighted by atomic mass is 9.84. The molecule has 2 aliphatic heterocycles. The van der Waals surface area contributed by atoms with Crippen molar-refractivity contribution in [3.8, 4) is 28.4 Å². The zero-order chi connectivity index (χ0) is 24.1. The van der Waals surface area contributed by atoms with Crippen LogP contribution in [-0.4, -0.2) is 60.7 Å². The third-order valence-corrected chi connectivity index (χ3v) is 7.64. The Morgan fingerprint density at radius 3 is 2.47 bits per heavy atom. The summed E-state index contributed by atoms with van der Waals surface area (Å²) in [5, 5.41) is 23.6. The molecule has 3 atom stereocenters. The fraction of sp³-hybridized carbons (Fsp3) is 0.458. The van der Waals surface area contributed by atoms with E-state index in [0.717, 1.165) is 19.0 Å². The standard InChI is InChI=1S/C24H28FN7OS/c1-23-7-8-24(2,31-23)11-15(10-23)32(3)19-13-26-21(30-29-19)16-6-5-14(9-18(16)33)20-17(25)12-27-22(28-20)34-4/h5-6,9,12-13,15,31,33H,7-8,10-11H2,1-4H3/t15-,23-,24+. The average Bonchev–Trinajstić information content (AvgIpc) is 3.05. The number of aromatic nitrogens is 5. The van der Waals surface area contributed by atoms with Crippen LogP contribution < -0.4 is 10.2 Å². The Bertz CT molecular complexity index is 1210. The molecule has 34 heavy (non-hydrogen) atoms. The molecule has 5 rings (SSSR count). The summed E-state index contributed by atoms with van der Waals surface area (Å²) in [6.45, 7) is 4.60. The number of rotatable bonds is 5. The molecular weight excluding hydrogens is 453 g/mol. The molecule has 4 heterocycles. The number of phenolic OH excluding ortho intramolecular Hbond substituents is 1. The molecule has 2 bridgehead atoms. The first kappa shape index (κ1) is 22.9. The number of halogens is 1. The SMILES string of the molecule is CSc1ncc(F)c(-c2ccc(-c3ncc(N(C)[C@H]4C[C@]5(C)CC[C@](C)(C4)N5)nn3)c(O)c2)n1. The minimum absolute atomic E-state index is 0.0695. The van der Waals surface area contributed by atoms with Gasteiger partial charge >= 0.3 is 0 Å². The van der Waals surface area contributed by atoms with E-state index in [1.807, 2.05) is 13.3 Å². The molecule has 0 saturated carbocycles. The van der Waals surface area contributed by atoms with Gasteiger partial charge in [0, 0.05) is 29.7 Å². The highest BCUT2D eigenvalue weighted by atomic mass is 32.2. The van der Waals surface area contributed by atoms with Gasteiger partial charge in [0.25, 0.3) is 0 Å². The van der Waals surface area contributed by atoms with Crippen molar-refractivity contribution in [3.63, 3.8) is 0 Å². The van der Waals surface area contributed by atoms with Crippen molar-refractivity contribution in [2.45, 2.75) is 61.8 Å². The van der Waals surface area contributed by atoms with E-state index in [-0.39, 0.29) is 22.5 Å². The van der Waals surface area contributed by atoms with Crippen molar-refractivity contribution in [3.05, 3.63) is 36.4 Å². The average molecular weight is 482 g/mol. The molecule has 2 aromatic heterocycles. The monoisotopic (exact) mass is 481 g/mol. The number of phenols is 1. The van der Waals surface area contributed by atoms with Gasteiger partial charge in [0.15, 0.2) is 22.6 Å². The number of hydrogen-bond donors (Lipinski definition) is 2. The number of nitrogens with one attached hydrogen (secondary N) is 1. The van der Waals surface area contributed by atoms with E-state index in [1.165, 1.54) is 30.7 Å². The second-order valence-electron chi connectivity index (χ2n) is 9.84. The Labute approximate surface area is 202 Å². The van der Waals surface area contributed by atoms with E-state index >= 15 is 0 Å². The molecule has 0 amide bonds. The molecule has 0 unspecified atom stereocenters. The zero-order valence-corrected chi connectivity index (χ0v) is 20.5. The first-order valence-corrected chi connectivity index (χ1v) is 12.5. The summed E-state index contributed by atoms with van der Waals surface area (Å²) >= 11 is 1.32. The zero-order valence-electron chi connectivity index (χ0n) is 19.7. The van der Waals surface area contributed by atoms with Crippen molar-refractivity contribution < 1.29 is 9.50 Å². The van der Waals surface area contributed by atoms with Crippen LogP contribution in [0.25, 0.3) is 22.6 Å². The predicted octanol–water partition coefficient (Wildman–Crippen LogP) is 4.06. The van der Waals surface area contributed by atoms with Crippen molar-refractivity contribution in [2.75, 3.05) is 18.2 Å². The van der Waals surface area contributed by atoms with E-state index in [0.29, 0.717) is 34.0 Å². The quantitative estimate of drug-likeness (QED) is 0.413. The van der Waals surface area contributed by atoms with Crippen LogP contribution in [0.1, 0.15) is 39.5 Å². The van der Waals surface area contributed by atoms with Crippen LogP contribution in [0.4, 0.5) is 10.2 Å². The van der Waals surface area contributed by atoms with Crippen molar-refractivity contribution >= 4 is 17.6 Å². The summed E-state index contributed by atoms with van der Waals surface area (Å²) in [6.07, 6.45) is 9.10. The van der Waals surface area contributed by atoms with Crippen LogP contribution in [-0.2, 0) is 0 Å². The van der Waals surface area contributed by atoms with Crippen molar-refractivity contribution in [1.29, 1.82) is 0 Å². The number of piperidine rings is 1. The maximum atomic E-state index is 14.3. The molecule has 2 saturated heterocycles. The van der Waals surface area contributed by atoms with Gasteiger partial charge in [-0.15, -0.1) is 10.2 Å². The number of thioether (sulfide) groups is 1. The summed E-state index contributed by atoms with van der Waals surface area (Å²) < 4.78 is 14.3. The molecule has 10 heteroatoms. The Balaban J connectivity index is 1.37. The van der Waals surface area contributed by atoms with Crippen molar-refractivity contribution in [1.82, 2.24) is 30.5 Å². The number of hydrogen-bond acceptors (Lipinski definition) is 9. The van der Waals surface area contributed by atoms with Crippen LogP contribution in [0, 0.1) is 5.82 Å². The van der Waals surface area contributed by atoms with E-state index in [9.17, 15) is 9.50 Å². The largest absolute Gasteiger partial charge is 0.507 e. The van der Waals surface area contributed by atoms with Crippen LogP contribution in [0.3, 0.4) is 0 Å². The van der Waals surface area contributed by atoms with Crippen molar-refractivity contribution in [2.24, 2.45) is 0 Å². The molecule has 2 fully saturated rings. The second kappa shape index (κ2) is 8.42. The Kier molecular flexibility index (Phi) is 5.68. The molecule has 0 spiro atoms. The lowest BCUT2D eigenvalue weighted by molar-refractivity contribution is 0.207. The van der Waals surface area contributed by atoms with Gasteiger partial charge in [0.05, 0.1) is 18.0 Å². The van der Waals surface area contributed by atoms with E-state index in [1.54, 1.807) is 18.3 Å². The third kappa shape index (κ3) is 4.20. The molecule has 8 nitrogen and oxygen atoms in total. The topological polar surface area (TPSA) is 100.0 Å². The highest BCUT2D eigenvalue weighted by Gasteiger charge is 2.49. The Hall–Kier alpha value is -2.85. The van der Waals surface area contributed by atoms with Crippen LogP contribution in [0.5, 0.6) is 5.75 Å². The van der Waals surface area contributed by atoms with Gasteiger partial charge < -0.3 is 15.3 Å². The Morgan fingerprint density at radius 2 is 1.85 bits per heavy atom. The maximum Gasteiger partial charge on any atom is 0.187 e. The first-order valence-electron chi connectivity index (χ1n) is 11.3. The van der Waals surface area contributed by atoms with Gasteiger partial charge in [-0.1, -0.05) is 17.8 Å². The molecule has 178 valence electrons. The highest BCUT2D eigenvalue weighted by Crippen LogP contribution is 2.43. The van der Waals surface area contributed by atoms with Gasteiger partial charge in [0.2, 0.25) is 0 Å². The smallest absolute Gasteiger partial charge is 0.187 e. The van der Waals surface area contributed by atoms with E-state index in [4.69, 9.17) is 0 Å². The lowest BCUT2D eigenvalue weighted by Crippen LogP contribution is -2.58. The van der Waals surface area contributed by atoms with E-state index in [2.05, 4.69) is 49.2 Å². The normalized spacial score (nSPS) is 26.0. The number of aromatic hydroxyl groups is 1. The van der Waals surface area contributed by atoms with Gasteiger partial charge in [0.1, 0.15) is 11.4 Å². The number of anilines is 1. The predicted molar refractivity (Wildman–Crippen MR) is 130 cm³/mol. The number of nitrogens with zero attached hydrogens (tertiary/aromatic N) is 6. The fourth-order valence-electron chi connectivity index (χ4n) is 5.36. The lowest BCUT2D eigenvalue weighted by Gasteiger charge is -2.45. The minimum atomic E-state index is -0.552. The molecule has 2 N–H and O–H groups in total. The molecule has 3 aromatic rings. The summed E-state index contributed by atoms with van der Waals surface area (Å²) in [5.74, 6) is 0.383. The summed E-state index contributed by atoms with van der Waals surface area (Å²) in [4.78, 5) is 14.8. The highest BCUT2D eigenvalue weighted by molar-refractivity contribution is 7.98. The molecule has 0 radical (unpaired) electrons. The number of fused-ring (bicyclic) bond motifs is 2. The Morgan fingerprint density at radius 1 is 1.12 bits per heavy atom. The van der Waals surface area contributed by atoms with Gasteiger partial charge in [-0.3, -0.25) is 0 Å². The summed E-state index contributed by atoms with van der Waals surface area (Å²) in [6, 6.07) is 5.14. The number of benzene rings is 1. The van der Waals surface area contributed by atoms with Gasteiger partial charge in [-0.25, -0.2) is 19.3 Å². The minimum Gasteiger partial charge on any atom is -0.507 e. The van der Waals surface area contributed by atoms with Crippen LogP contribution in [0.2, 0.25) is 0 Å². The second-order valence-corrected chi connectivity index (χ2v) is 10.6. The summed E-state index contributed by atoms with van der Waals surface area (Å²) in [7, 11) is 2.04. The molecule has 2 aliphatic rings. The molecular formula is C24H28FN7OS. The van der Waals surface area contributed by atoms with Crippen LogP contribution >= 0.6 is 11.8 Å². The van der Waals surface area contributed by atoms with Gasteiger partial charge in [-0.2, -0.15) is 0 Å². The fourth-order valence-corrected chi connectivity index (χ4v) is 5.70.